The third-order valence-electron chi connectivity index (χ3n) is 3.79. The number of piperidine rings is 1. The Labute approximate surface area is 101 Å². The minimum absolute atomic E-state index is 0.124. The van der Waals surface area contributed by atoms with Gasteiger partial charge in [0.15, 0.2) is 5.60 Å². The third-order valence-corrected chi connectivity index (χ3v) is 3.79. The molecule has 1 aliphatic carbocycles. The van der Waals surface area contributed by atoms with Crippen molar-refractivity contribution in [3.8, 4) is 0 Å². The number of carbonyl (C=O) groups excluding carboxylic acids is 2. The Hall–Kier alpha value is -1.10. The summed E-state index contributed by atoms with van der Waals surface area (Å²) < 4.78 is 5.45. The van der Waals surface area contributed by atoms with Crippen molar-refractivity contribution in [3.05, 3.63) is 0 Å². The minimum Gasteiger partial charge on any atom is -0.449 e. The molecule has 0 bridgehead atoms. The summed E-state index contributed by atoms with van der Waals surface area (Å²) in [7, 11) is 0. The number of rotatable bonds is 3. The number of esters is 1. The molecule has 0 aromatic rings. The molecule has 1 amide bonds. The normalized spacial score (nSPS) is 27.6. The van der Waals surface area contributed by atoms with E-state index in [1.807, 2.05) is 0 Å². The molecular formula is C12H20N2O3. The highest BCUT2D eigenvalue weighted by molar-refractivity contribution is 5.87. The Balaban J connectivity index is 1.98. The quantitative estimate of drug-likeness (QED) is 0.696. The fraction of sp³-hybridized carbons (Fsp3) is 0.833. The predicted octanol–water partition coefficient (Wildman–Crippen LogP) is 0.327. The molecule has 1 atom stereocenters. The largest absolute Gasteiger partial charge is 0.449 e. The fourth-order valence-electron chi connectivity index (χ4n) is 2.67. The first kappa shape index (κ1) is 12.4. The van der Waals surface area contributed by atoms with Crippen LogP contribution in [0.4, 0.5) is 0 Å². The van der Waals surface area contributed by atoms with E-state index >= 15 is 0 Å². The number of hydrogen-bond donors (Lipinski definition) is 2. The zero-order valence-electron chi connectivity index (χ0n) is 10.0. The van der Waals surface area contributed by atoms with Gasteiger partial charge in [-0.2, -0.15) is 0 Å². The van der Waals surface area contributed by atoms with Crippen molar-refractivity contribution < 1.29 is 14.3 Å². The van der Waals surface area contributed by atoms with Gasteiger partial charge in [0.25, 0.3) is 5.91 Å². The fourth-order valence-corrected chi connectivity index (χ4v) is 2.67. The lowest BCUT2D eigenvalue weighted by Crippen LogP contribution is -2.48. The summed E-state index contributed by atoms with van der Waals surface area (Å²) in [5.74, 6) is -0.884. The Morgan fingerprint density at radius 3 is 2.47 bits per heavy atom. The van der Waals surface area contributed by atoms with Crippen molar-refractivity contribution in [2.75, 3.05) is 13.1 Å². The van der Waals surface area contributed by atoms with E-state index in [0.29, 0.717) is 19.4 Å². The molecule has 1 unspecified atom stereocenters. The van der Waals surface area contributed by atoms with Gasteiger partial charge in [-0.1, -0.05) is 0 Å². The lowest BCUT2D eigenvalue weighted by molar-refractivity contribution is -0.171. The van der Waals surface area contributed by atoms with E-state index in [0.717, 1.165) is 32.2 Å². The number of carbonyl (C=O) groups is 2. The first-order valence-corrected chi connectivity index (χ1v) is 6.37. The van der Waals surface area contributed by atoms with E-state index < -0.39 is 11.5 Å². The van der Waals surface area contributed by atoms with Crippen molar-refractivity contribution >= 4 is 11.9 Å². The van der Waals surface area contributed by atoms with Crippen LogP contribution >= 0.6 is 0 Å². The van der Waals surface area contributed by atoms with Crippen LogP contribution in [0.2, 0.25) is 0 Å². The molecule has 1 heterocycles. The van der Waals surface area contributed by atoms with Gasteiger partial charge in [0.1, 0.15) is 0 Å². The van der Waals surface area contributed by atoms with Crippen LogP contribution in [-0.2, 0) is 14.3 Å². The third kappa shape index (κ3) is 2.60. The van der Waals surface area contributed by atoms with Gasteiger partial charge in [-0.25, -0.2) is 0 Å². The monoisotopic (exact) mass is 240 g/mol. The molecule has 17 heavy (non-hydrogen) atoms. The average molecular weight is 240 g/mol. The molecule has 2 rings (SSSR count). The number of primary amides is 1. The number of amides is 1. The topological polar surface area (TPSA) is 81.4 Å². The Kier molecular flexibility index (Phi) is 3.66. The molecule has 3 N–H and O–H groups in total. The van der Waals surface area contributed by atoms with Crippen molar-refractivity contribution in [1.29, 1.82) is 0 Å². The van der Waals surface area contributed by atoms with Gasteiger partial charge in [0.05, 0.1) is 5.92 Å². The molecule has 0 radical (unpaired) electrons. The minimum atomic E-state index is -1.02. The highest BCUT2D eigenvalue weighted by atomic mass is 16.6. The smallest absolute Gasteiger partial charge is 0.311 e. The van der Waals surface area contributed by atoms with Crippen LogP contribution in [0, 0.1) is 5.92 Å². The van der Waals surface area contributed by atoms with Crippen LogP contribution in [-0.4, -0.2) is 30.6 Å². The maximum Gasteiger partial charge on any atom is 0.311 e. The number of nitrogens with two attached hydrogens (primary N) is 1. The van der Waals surface area contributed by atoms with Crippen LogP contribution in [0.3, 0.4) is 0 Å². The molecular weight excluding hydrogens is 220 g/mol. The lowest BCUT2D eigenvalue weighted by Gasteiger charge is -2.29. The van der Waals surface area contributed by atoms with Crippen molar-refractivity contribution in [2.45, 2.75) is 44.1 Å². The molecule has 1 saturated carbocycles. The molecule has 5 nitrogen and oxygen atoms in total. The molecule has 1 aliphatic heterocycles. The summed E-state index contributed by atoms with van der Waals surface area (Å²) in [5.41, 5.74) is 4.36. The molecule has 0 aromatic carbocycles. The Morgan fingerprint density at radius 1 is 1.24 bits per heavy atom. The standard InChI is InChI=1S/C12H20N2O3/c13-11(16)12(5-1-2-6-12)17-10(15)9-4-3-7-14-8-9/h9,14H,1-8H2,(H2,13,16). The predicted molar refractivity (Wildman–Crippen MR) is 62.1 cm³/mol. The van der Waals surface area contributed by atoms with Gasteiger partial charge in [-0.05, 0) is 45.1 Å². The van der Waals surface area contributed by atoms with Gasteiger partial charge in [0.2, 0.25) is 0 Å². The Morgan fingerprint density at radius 2 is 1.94 bits per heavy atom. The second-order valence-corrected chi connectivity index (χ2v) is 5.03. The highest BCUT2D eigenvalue weighted by Gasteiger charge is 2.44. The summed E-state index contributed by atoms with van der Waals surface area (Å²) >= 11 is 0. The summed E-state index contributed by atoms with van der Waals surface area (Å²) in [6.45, 7) is 1.60. The summed E-state index contributed by atoms with van der Waals surface area (Å²) in [4.78, 5) is 23.5. The van der Waals surface area contributed by atoms with E-state index in [4.69, 9.17) is 10.5 Å². The van der Waals surface area contributed by atoms with Crippen molar-refractivity contribution in [1.82, 2.24) is 5.32 Å². The summed E-state index contributed by atoms with van der Waals surface area (Å²) in [6, 6.07) is 0. The molecule has 2 fully saturated rings. The van der Waals surface area contributed by atoms with E-state index in [-0.39, 0.29) is 11.9 Å². The number of nitrogens with one attached hydrogen (secondary N) is 1. The zero-order valence-corrected chi connectivity index (χ0v) is 10.0. The van der Waals surface area contributed by atoms with Crippen molar-refractivity contribution in [2.24, 2.45) is 11.7 Å². The zero-order chi connectivity index (χ0) is 12.3. The molecule has 0 aromatic heterocycles. The lowest BCUT2D eigenvalue weighted by atomic mass is 9.97. The number of ether oxygens (including phenoxy) is 1. The first-order chi connectivity index (χ1) is 8.14. The SMILES string of the molecule is NC(=O)C1(OC(=O)C2CCCNC2)CCCC1. The van der Waals surface area contributed by atoms with Crippen LogP contribution < -0.4 is 11.1 Å². The number of hydrogen-bond acceptors (Lipinski definition) is 4. The Bertz CT molecular complexity index is 305. The van der Waals surface area contributed by atoms with Crippen LogP contribution in [0.5, 0.6) is 0 Å². The highest BCUT2D eigenvalue weighted by Crippen LogP contribution is 2.34. The molecule has 0 spiro atoms. The van der Waals surface area contributed by atoms with Gasteiger partial charge in [0, 0.05) is 6.54 Å². The van der Waals surface area contributed by atoms with E-state index in [1.165, 1.54) is 0 Å². The van der Waals surface area contributed by atoms with Crippen LogP contribution in [0.25, 0.3) is 0 Å². The molecule has 96 valence electrons. The second kappa shape index (κ2) is 5.04. The van der Waals surface area contributed by atoms with Gasteiger partial charge in [-0.3, -0.25) is 9.59 Å². The van der Waals surface area contributed by atoms with Gasteiger partial charge in [-0.15, -0.1) is 0 Å². The van der Waals surface area contributed by atoms with Crippen molar-refractivity contribution in [3.63, 3.8) is 0 Å². The van der Waals surface area contributed by atoms with E-state index in [2.05, 4.69) is 5.32 Å². The van der Waals surface area contributed by atoms with E-state index in [9.17, 15) is 9.59 Å². The maximum atomic E-state index is 12.0. The second-order valence-electron chi connectivity index (χ2n) is 5.03. The van der Waals surface area contributed by atoms with Gasteiger partial charge < -0.3 is 15.8 Å². The summed E-state index contributed by atoms with van der Waals surface area (Å²) in [6.07, 6.45) is 4.77. The molecule has 1 saturated heterocycles. The average Bonchev–Trinajstić information content (AvgIpc) is 2.80. The maximum absolute atomic E-state index is 12.0. The van der Waals surface area contributed by atoms with Crippen LogP contribution in [0.15, 0.2) is 0 Å². The van der Waals surface area contributed by atoms with Gasteiger partial charge >= 0.3 is 5.97 Å². The first-order valence-electron chi connectivity index (χ1n) is 6.37. The van der Waals surface area contributed by atoms with E-state index in [1.54, 1.807) is 0 Å². The summed E-state index contributed by atoms with van der Waals surface area (Å²) in [5, 5.41) is 3.17. The van der Waals surface area contributed by atoms with Crippen LogP contribution in [0.1, 0.15) is 38.5 Å². The molecule has 2 aliphatic rings. The molecule has 5 heteroatoms.